The van der Waals surface area contributed by atoms with Gasteiger partial charge in [-0.2, -0.15) is 31.6 Å². The number of carbonyl (C=O) groups excluding carboxylic acids is 3. The lowest BCUT2D eigenvalue weighted by Gasteiger charge is -2.40. The minimum absolute atomic E-state index is 0.0299. The monoisotopic (exact) mass is 818 g/mol. The molecule has 0 saturated heterocycles. The van der Waals surface area contributed by atoms with Crippen molar-refractivity contribution in [2.45, 2.75) is 89.8 Å². The Morgan fingerprint density at radius 3 is 1.86 bits per heavy atom. The van der Waals surface area contributed by atoms with E-state index in [0.717, 1.165) is 0 Å². The largest absolute Gasteiger partial charge is 0.471 e. The maximum Gasteiger partial charge on any atom is 0.471 e. The highest BCUT2D eigenvalue weighted by Gasteiger charge is 2.55. The van der Waals surface area contributed by atoms with Gasteiger partial charge in [0.05, 0.1) is 36.0 Å². The lowest BCUT2D eigenvalue weighted by molar-refractivity contribution is -0.170. The normalized spacial score (nSPS) is 17.3. The molecule has 7 rings (SSSR count). The quantitative estimate of drug-likeness (QED) is 0.0953. The molecule has 0 N–H and O–H groups in total. The first kappa shape index (κ1) is 40.3. The number of benzene rings is 3. The fourth-order valence-corrected chi connectivity index (χ4v) is 9.59. The second kappa shape index (κ2) is 14.8. The first-order chi connectivity index (χ1) is 26.9. The smallest absolute Gasteiger partial charge is 0.456 e. The summed E-state index contributed by atoms with van der Waals surface area (Å²) in [5, 5.41) is 9.13. The van der Waals surface area contributed by atoms with Gasteiger partial charge in [-0.15, -0.1) is 0 Å². The summed E-state index contributed by atoms with van der Waals surface area (Å²) in [6.07, 6.45) is -9.30. The van der Waals surface area contributed by atoms with Gasteiger partial charge >= 0.3 is 38.7 Å². The number of rotatable bonds is 8. The van der Waals surface area contributed by atoms with Crippen LogP contribution in [0, 0.1) is 11.3 Å². The van der Waals surface area contributed by atoms with Crippen LogP contribution in [0.5, 0.6) is 17.2 Å². The van der Waals surface area contributed by atoms with Gasteiger partial charge in [0.2, 0.25) is 0 Å². The van der Waals surface area contributed by atoms with E-state index >= 15 is 0 Å². The minimum Gasteiger partial charge on any atom is -0.456 e. The van der Waals surface area contributed by atoms with Gasteiger partial charge in [0, 0.05) is 54.0 Å². The van der Waals surface area contributed by atoms with Crippen molar-refractivity contribution in [2.75, 3.05) is 29.5 Å². The van der Waals surface area contributed by atoms with E-state index in [1.165, 1.54) is 18.2 Å². The van der Waals surface area contributed by atoms with Crippen LogP contribution in [0.3, 0.4) is 0 Å². The fraction of sp³-hybridized carbons (Fsp3) is 0.436. The Kier molecular flexibility index (Phi) is 10.5. The van der Waals surface area contributed by atoms with Crippen LogP contribution in [-0.4, -0.2) is 66.6 Å². The Balaban J connectivity index is 1.40. The van der Waals surface area contributed by atoms with Gasteiger partial charge in [-0.1, -0.05) is 0 Å². The van der Waals surface area contributed by atoms with Crippen molar-refractivity contribution < 1.29 is 59.2 Å². The third-order valence-electron chi connectivity index (χ3n) is 10.2. The number of ether oxygens (including phenoxy) is 2. The highest BCUT2D eigenvalue weighted by atomic mass is 31.2. The molecule has 0 aromatic heterocycles. The molecule has 3 aromatic carbocycles. The topological polar surface area (TPSA) is 122 Å². The van der Waals surface area contributed by atoms with E-state index in [2.05, 4.69) is 0 Å². The first-order valence-corrected chi connectivity index (χ1v) is 19.4. The summed E-state index contributed by atoms with van der Waals surface area (Å²) in [7, 11) is -1.78. The molecule has 3 aromatic rings. The van der Waals surface area contributed by atoms with Crippen molar-refractivity contribution in [1.82, 2.24) is 4.67 Å². The zero-order valence-corrected chi connectivity index (χ0v) is 32.1. The van der Waals surface area contributed by atoms with Crippen LogP contribution in [0.1, 0.15) is 85.1 Å². The summed E-state index contributed by atoms with van der Waals surface area (Å²) < 4.78 is 110. The van der Waals surface area contributed by atoms with E-state index in [-0.39, 0.29) is 109 Å². The summed E-state index contributed by atoms with van der Waals surface area (Å²) >= 11 is 0. The van der Waals surface area contributed by atoms with Crippen LogP contribution in [0.4, 0.5) is 37.7 Å². The summed E-state index contributed by atoms with van der Waals surface area (Å²) in [6, 6.07) is 12.2. The number of amides is 2. The van der Waals surface area contributed by atoms with Crippen LogP contribution in [0.25, 0.3) is 0 Å². The van der Waals surface area contributed by atoms with Gasteiger partial charge in [-0.05, 0) is 94.8 Å². The standard InChI is InChI=1S/C39H37F6N4O7P/c1-21(2)49(22(3)4)57(53-15-7-12-46)56-25-10-11-27-26(18-25)34(50)55-37(27)28-16-23-8-5-13-47(35(51)38(40,41)42)30(23)19-32(28)54-33-20-31-24(17-29(33)37)9-6-14-48(31)36(52)39(43,44)45/h10-11,16-22H,5-9,13-15H2,1-4H3. The lowest BCUT2D eigenvalue weighted by Crippen LogP contribution is -2.44. The van der Waals surface area contributed by atoms with Crippen LogP contribution in [0.15, 0.2) is 42.5 Å². The Hall–Kier alpha value is -4.91. The molecule has 4 heterocycles. The van der Waals surface area contributed by atoms with Crippen LogP contribution < -0.4 is 19.1 Å². The molecule has 0 radical (unpaired) electrons. The van der Waals surface area contributed by atoms with Crippen molar-refractivity contribution in [2.24, 2.45) is 0 Å². The molecule has 1 spiro atoms. The van der Waals surface area contributed by atoms with E-state index in [1.807, 2.05) is 38.4 Å². The molecule has 1 unspecified atom stereocenters. The molecule has 4 aliphatic rings. The number of nitriles is 1. The molecule has 0 aliphatic carbocycles. The summed E-state index contributed by atoms with van der Waals surface area (Å²) in [4.78, 5) is 40.4. The Morgan fingerprint density at radius 1 is 0.860 bits per heavy atom. The SMILES string of the molecule is CC(C)N(C(C)C)P(OCCC#N)Oc1ccc2c(c1)C(=O)OC21c2cc3c(cc2Oc2cc4c(cc21)CCCN4C(=O)C(F)(F)F)N(C(=O)C(F)(F)F)CCC3. The van der Waals surface area contributed by atoms with Crippen molar-refractivity contribution in [3.8, 4) is 23.3 Å². The molecule has 302 valence electrons. The molecule has 1 atom stereocenters. The second-order valence-corrected chi connectivity index (χ2v) is 16.0. The van der Waals surface area contributed by atoms with Crippen LogP contribution in [-0.2, 0) is 37.3 Å². The lowest BCUT2D eigenvalue weighted by atomic mass is 9.75. The Labute approximate surface area is 325 Å². The number of alkyl halides is 6. The molecule has 57 heavy (non-hydrogen) atoms. The van der Waals surface area contributed by atoms with Gasteiger partial charge in [0.1, 0.15) is 17.2 Å². The predicted octanol–water partition coefficient (Wildman–Crippen LogP) is 8.59. The number of halogens is 6. The van der Waals surface area contributed by atoms with E-state index < -0.39 is 44.3 Å². The molecule has 0 fully saturated rings. The number of esters is 1. The van der Waals surface area contributed by atoms with E-state index in [9.17, 15) is 40.7 Å². The molecule has 11 nitrogen and oxygen atoms in total. The summed E-state index contributed by atoms with van der Waals surface area (Å²) in [5.41, 5.74) is -0.450. The van der Waals surface area contributed by atoms with Gasteiger partial charge in [0.25, 0.3) is 0 Å². The second-order valence-electron chi connectivity index (χ2n) is 14.6. The van der Waals surface area contributed by atoms with Crippen LogP contribution >= 0.6 is 8.53 Å². The van der Waals surface area contributed by atoms with Crippen LogP contribution in [0.2, 0.25) is 0 Å². The van der Waals surface area contributed by atoms with Crippen molar-refractivity contribution in [1.29, 1.82) is 5.26 Å². The third kappa shape index (κ3) is 7.06. The summed E-state index contributed by atoms with van der Waals surface area (Å²) in [6.45, 7) is 7.47. The maximum atomic E-state index is 14.1. The Morgan fingerprint density at radius 2 is 1.39 bits per heavy atom. The summed E-state index contributed by atoms with van der Waals surface area (Å²) in [5.74, 6) is -4.94. The van der Waals surface area contributed by atoms with Gasteiger partial charge < -0.3 is 28.3 Å². The van der Waals surface area contributed by atoms with Gasteiger partial charge in [-0.25, -0.2) is 9.46 Å². The van der Waals surface area contributed by atoms with Crippen molar-refractivity contribution >= 4 is 37.7 Å². The average molecular weight is 819 g/mol. The van der Waals surface area contributed by atoms with Gasteiger partial charge in [0.15, 0.2) is 5.60 Å². The van der Waals surface area contributed by atoms with Gasteiger partial charge in [-0.3, -0.25) is 9.59 Å². The first-order valence-electron chi connectivity index (χ1n) is 18.3. The number of aryl methyl sites for hydroxylation is 2. The minimum atomic E-state index is -5.19. The zero-order chi connectivity index (χ0) is 41.2. The molecule has 4 aliphatic heterocycles. The average Bonchev–Trinajstić information content (AvgIpc) is 3.43. The number of hydrogen-bond donors (Lipinski definition) is 0. The molecular formula is C39H37F6N4O7P. The van der Waals surface area contributed by atoms with E-state index in [1.54, 1.807) is 24.3 Å². The molecule has 0 saturated carbocycles. The highest BCUT2D eigenvalue weighted by molar-refractivity contribution is 7.45. The number of nitrogens with zero attached hydrogens (tertiary/aromatic N) is 4. The fourth-order valence-electron chi connectivity index (χ4n) is 8.02. The Bertz CT molecular complexity index is 2090. The van der Waals surface area contributed by atoms with E-state index in [0.29, 0.717) is 26.5 Å². The highest BCUT2D eigenvalue weighted by Crippen LogP contribution is 2.59. The third-order valence-corrected chi connectivity index (χ3v) is 12.3. The molecule has 0 bridgehead atoms. The number of anilines is 2. The zero-order valence-electron chi connectivity index (χ0n) is 31.2. The predicted molar refractivity (Wildman–Crippen MR) is 194 cm³/mol. The maximum absolute atomic E-state index is 14.1. The molecule has 18 heteroatoms. The number of hydrogen-bond acceptors (Lipinski definition) is 9. The molecular weight excluding hydrogens is 781 g/mol. The number of carbonyl (C=O) groups is 3. The van der Waals surface area contributed by atoms with Crippen molar-refractivity contribution in [3.05, 3.63) is 75.8 Å². The van der Waals surface area contributed by atoms with E-state index in [4.69, 9.17) is 23.8 Å². The number of fused-ring (bicyclic) bond motifs is 8. The van der Waals surface area contributed by atoms with Crippen molar-refractivity contribution in [3.63, 3.8) is 0 Å². The molecule has 2 amide bonds.